The summed E-state index contributed by atoms with van der Waals surface area (Å²) in [6.07, 6.45) is 0.516. The van der Waals surface area contributed by atoms with Crippen LogP contribution in [0, 0.1) is 11.7 Å². The zero-order valence-electron chi connectivity index (χ0n) is 15.3. The predicted molar refractivity (Wildman–Crippen MR) is 96.3 cm³/mol. The molecule has 2 amide bonds. The molecule has 146 valence electrons. The van der Waals surface area contributed by atoms with Crippen molar-refractivity contribution in [2.24, 2.45) is 5.92 Å². The number of hydrogen-bond donors (Lipinski definition) is 2. The van der Waals surface area contributed by atoms with Crippen molar-refractivity contribution in [3.8, 4) is 0 Å². The molecule has 1 aromatic rings. The van der Waals surface area contributed by atoms with E-state index < -0.39 is 15.8 Å². The first-order valence-electron chi connectivity index (χ1n) is 8.41. The highest BCUT2D eigenvalue weighted by Gasteiger charge is 2.20. The number of amides is 2. The van der Waals surface area contributed by atoms with Crippen LogP contribution in [0.5, 0.6) is 0 Å². The molecular weight excluding hydrogens is 361 g/mol. The second-order valence-corrected chi connectivity index (χ2v) is 8.22. The average molecular weight is 387 g/mol. The van der Waals surface area contributed by atoms with Crippen molar-refractivity contribution in [3.63, 3.8) is 0 Å². The van der Waals surface area contributed by atoms with E-state index in [0.717, 1.165) is 16.4 Å². The third-order valence-corrected chi connectivity index (χ3v) is 5.54. The van der Waals surface area contributed by atoms with Crippen LogP contribution in [-0.4, -0.2) is 51.2 Å². The topological polar surface area (TPSA) is 95.6 Å². The first kappa shape index (κ1) is 22.0. The van der Waals surface area contributed by atoms with Gasteiger partial charge >= 0.3 is 0 Å². The van der Waals surface area contributed by atoms with Crippen LogP contribution in [0.2, 0.25) is 0 Å². The number of benzene rings is 1. The summed E-state index contributed by atoms with van der Waals surface area (Å²) in [6.45, 7) is 4.40. The minimum Gasteiger partial charge on any atom is -0.354 e. The molecule has 0 aromatic heterocycles. The average Bonchev–Trinajstić information content (AvgIpc) is 2.58. The maximum absolute atomic E-state index is 12.9. The lowest BCUT2D eigenvalue weighted by molar-refractivity contribution is -0.124. The van der Waals surface area contributed by atoms with E-state index in [1.807, 2.05) is 0 Å². The molecule has 2 N–H and O–H groups in total. The summed E-state index contributed by atoms with van der Waals surface area (Å²) in [7, 11) is -2.29. The Morgan fingerprint density at radius 1 is 1.12 bits per heavy atom. The minimum atomic E-state index is -3.70. The molecule has 0 spiro atoms. The fourth-order valence-electron chi connectivity index (χ4n) is 2.05. The lowest BCUT2D eigenvalue weighted by Crippen LogP contribution is -2.36. The Bertz CT molecular complexity index is 705. The van der Waals surface area contributed by atoms with Crippen molar-refractivity contribution in [1.82, 2.24) is 14.9 Å². The zero-order chi connectivity index (χ0) is 19.7. The second kappa shape index (κ2) is 10.2. The molecule has 0 heterocycles. The molecule has 7 nitrogen and oxygen atoms in total. The number of rotatable bonds is 10. The number of carbonyl (C=O) groups is 2. The summed E-state index contributed by atoms with van der Waals surface area (Å²) in [5, 5.41) is 5.35. The maximum atomic E-state index is 12.9. The molecule has 0 unspecified atom stereocenters. The molecule has 0 aliphatic rings. The maximum Gasteiger partial charge on any atom is 0.242 e. The molecule has 1 rings (SSSR count). The fourth-order valence-corrected chi connectivity index (χ4v) is 3.26. The second-order valence-electron chi connectivity index (χ2n) is 6.18. The normalized spacial score (nSPS) is 11.6. The van der Waals surface area contributed by atoms with Gasteiger partial charge in [0.2, 0.25) is 21.8 Å². The van der Waals surface area contributed by atoms with Crippen LogP contribution < -0.4 is 10.6 Å². The molecule has 0 atom stereocenters. The smallest absolute Gasteiger partial charge is 0.242 e. The van der Waals surface area contributed by atoms with Gasteiger partial charge in [0.1, 0.15) is 5.82 Å². The van der Waals surface area contributed by atoms with E-state index in [1.165, 1.54) is 19.2 Å². The lowest BCUT2D eigenvalue weighted by Gasteiger charge is -2.17. The number of sulfonamides is 1. The quantitative estimate of drug-likeness (QED) is 0.588. The molecule has 0 radical (unpaired) electrons. The van der Waals surface area contributed by atoms with Crippen molar-refractivity contribution < 1.29 is 22.4 Å². The van der Waals surface area contributed by atoms with Crippen molar-refractivity contribution in [2.45, 2.75) is 31.6 Å². The summed E-state index contributed by atoms with van der Waals surface area (Å²) in [4.78, 5) is 23.1. The van der Waals surface area contributed by atoms with Crippen LogP contribution in [0.1, 0.15) is 26.7 Å². The van der Waals surface area contributed by atoms with Gasteiger partial charge in [-0.3, -0.25) is 9.59 Å². The molecular formula is C17H26FN3O4S. The first-order valence-corrected chi connectivity index (χ1v) is 9.85. The van der Waals surface area contributed by atoms with Gasteiger partial charge in [0.05, 0.1) is 4.90 Å². The van der Waals surface area contributed by atoms with Crippen LogP contribution in [0.15, 0.2) is 29.2 Å². The Hall–Kier alpha value is -2.00. The molecule has 9 heteroatoms. The van der Waals surface area contributed by atoms with Gasteiger partial charge in [-0.25, -0.2) is 17.1 Å². The lowest BCUT2D eigenvalue weighted by atomic mass is 10.2. The van der Waals surface area contributed by atoms with Gasteiger partial charge in [0.15, 0.2) is 0 Å². The molecule has 0 aliphatic carbocycles. The van der Waals surface area contributed by atoms with Gasteiger partial charge in [0.25, 0.3) is 0 Å². The van der Waals surface area contributed by atoms with E-state index >= 15 is 0 Å². The van der Waals surface area contributed by atoms with E-state index in [-0.39, 0.29) is 35.6 Å². The number of hydrogen-bond acceptors (Lipinski definition) is 4. The van der Waals surface area contributed by atoms with E-state index in [1.54, 1.807) is 13.8 Å². The highest BCUT2D eigenvalue weighted by Crippen LogP contribution is 2.15. The van der Waals surface area contributed by atoms with E-state index in [4.69, 9.17) is 0 Å². The Balaban J connectivity index is 2.32. The van der Waals surface area contributed by atoms with Gasteiger partial charge in [-0.05, 0) is 30.7 Å². The Morgan fingerprint density at radius 2 is 1.69 bits per heavy atom. The summed E-state index contributed by atoms with van der Waals surface area (Å²) < 4.78 is 38.7. The molecule has 0 saturated carbocycles. The van der Waals surface area contributed by atoms with Crippen molar-refractivity contribution in [3.05, 3.63) is 30.1 Å². The third-order valence-electron chi connectivity index (χ3n) is 3.67. The molecule has 26 heavy (non-hydrogen) atoms. The van der Waals surface area contributed by atoms with Crippen molar-refractivity contribution >= 4 is 21.8 Å². The third kappa shape index (κ3) is 7.09. The van der Waals surface area contributed by atoms with Gasteiger partial charge < -0.3 is 10.6 Å². The minimum absolute atomic E-state index is 0.00625. The zero-order valence-corrected chi connectivity index (χ0v) is 16.1. The van der Waals surface area contributed by atoms with Gasteiger partial charge in [-0.1, -0.05) is 13.8 Å². The van der Waals surface area contributed by atoms with Gasteiger partial charge in [0, 0.05) is 39.0 Å². The van der Waals surface area contributed by atoms with Crippen LogP contribution in [0.3, 0.4) is 0 Å². The summed E-state index contributed by atoms with van der Waals surface area (Å²) in [6, 6.07) is 4.59. The number of halogens is 1. The molecule has 0 aliphatic heterocycles. The number of nitrogens with zero attached hydrogens (tertiary/aromatic N) is 1. The molecule has 0 saturated heterocycles. The van der Waals surface area contributed by atoms with Crippen LogP contribution in [-0.2, 0) is 19.6 Å². The highest BCUT2D eigenvalue weighted by molar-refractivity contribution is 7.89. The van der Waals surface area contributed by atoms with Crippen molar-refractivity contribution in [1.29, 1.82) is 0 Å². The predicted octanol–water partition coefficient (Wildman–Crippen LogP) is 1.11. The van der Waals surface area contributed by atoms with Crippen LogP contribution in [0.4, 0.5) is 4.39 Å². The monoisotopic (exact) mass is 387 g/mol. The standard InChI is InChI=1S/C17H26FN3O4S/c1-13(2)17(23)20-11-10-19-16(22)5-4-12-21(3)26(24,25)15-8-6-14(18)7-9-15/h6-9,13H,4-5,10-12H2,1-3H3,(H,19,22)(H,20,23). The summed E-state index contributed by atoms with van der Waals surface area (Å²) in [5.74, 6) is -0.902. The van der Waals surface area contributed by atoms with Crippen molar-refractivity contribution in [2.75, 3.05) is 26.7 Å². The molecule has 0 fully saturated rings. The Kier molecular flexibility index (Phi) is 8.67. The first-order chi connectivity index (χ1) is 12.1. The Morgan fingerprint density at radius 3 is 2.27 bits per heavy atom. The number of carbonyl (C=O) groups excluding carboxylic acids is 2. The molecule has 1 aromatic carbocycles. The highest BCUT2D eigenvalue weighted by atomic mass is 32.2. The van der Waals surface area contributed by atoms with E-state index in [0.29, 0.717) is 19.5 Å². The van der Waals surface area contributed by atoms with E-state index in [9.17, 15) is 22.4 Å². The van der Waals surface area contributed by atoms with Gasteiger partial charge in [-0.2, -0.15) is 0 Å². The summed E-state index contributed by atoms with van der Waals surface area (Å²) in [5.41, 5.74) is 0. The van der Waals surface area contributed by atoms with Crippen LogP contribution in [0.25, 0.3) is 0 Å². The molecule has 0 bridgehead atoms. The Labute approximate surface area is 154 Å². The SMILES string of the molecule is CC(C)C(=O)NCCNC(=O)CCCN(C)S(=O)(=O)c1ccc(F)cc1. The number of nitrogens with one attached hydrogen (secondary N) is 2. The van der Waals surface area contributed by atoms with Crippen LogP contribution >= 0.6 is 0 Å². The van der Waals surface area contributed by atoms with Gasteiger partial charge in [-0.15, -0.1) is 0 Å². The summed E-state index contributed by atoms with van der Waals surface area (Å²) >= 11 is 0. The fraction of sp³-hybridized carbons (Fsp3) is 0.529. The van der Waals surface area contributed by atoms with E-state index in [2.05, 4.69) is 10.6 Å². The largest absolute Gasteiger partial charge is 0.354 e.